The van der Waals surface area contributed by atoms with Gasteiger partial charge in [-0.15, -0.1) is 0 Å². The minimum atomic E-state index is -0.643. The van der Waals surface area contributed by atoms with E-state index >= 15 is 0 Å². The highest BCUT2D eigenvalue weighted by Crippen LogP contribution is 2.71. The van der Waals surface area contributed by atoms with Crippen molar-refractivity contribution in [2.75, 3.05) is 13.1 Å². The Balaban J connectivity index is 1.39. The zero-order chi connectivity index (χ0) is 18.7. The van der Waals surface area contributed by atoms with Crippen molar-refractivity contribution in [2.45, 2.75) is 51.5 Å². The predicted molar refractivity (Wildman–Crippen MR) is 102 cm³/mol. The zero-order valence-corrected chi connectivity index (χ0v) is 16.5. The number of nitrogens with zero attached hydrogens (tertiary/aromatic N) is 1. The van der Waals surface area contributed by atoms with E-state index in [1.807, 2.05) is 43.0 Å². The molecular weight excluding hydrogens is 348 g/mol. The average molecular weight is 375 g/mol. The van der Waals surface area contributed by atoms with Crippen LogP contribution in [-0.2, 0) is 15.0 Å². The first-order valence-electron chi connectivity index (χ1n) is 9.59. The summed E-state index contributed by atoms with van der Waals surface area (Å²) >= 11 is 5.96. The van der Waals surface area contributed by atoms with Crippen LogP contribution in [0.1, 0.15) is 45.6 Å². The molecule has 3 atom stereocenters. The number of carbonyl (C=O) groups excluding carboxylic acids is 2. The van der Waals surface area contributed by atoms with Crippen molar-refractivity contribution in [2.24, 2.45) is 17.3 Å². The predicted octanol–water partition coefficient (Wildman–Crippen LogP) is 3.38. The van der Waals surface area contributed by atoms with Crippen LogP contribution in [0.25, 0.3) is 0 Å². The molecule has 1 aliphatic heterocycles. The number of amides is 2. The quantitative estimate of drug-likeness (QED) is 0.878. The van der Waals surface area contributed by atoms with E-state index in [2.05, 4.69) is 12.2 Å². The third kappa shape index (κ3) is 3.02. The van der Waals surface area contributed by atoms with Crippen LogP contribution in [0.4, 0.5) is 0 Å². The Morgan fingerprint density at radius 1 is 1.19 bits per heavy atom. The van der Waals surface area contributed by atoms with Gasteiger partial charge >= 0.3 is 0 Å². The third-order valence-electron chi connectivity index (χ3n) is 6.75. The highest BCUT2D eigenvalue weighted by molar-refractivity contribution is 6.30. The summed E-state index contributed by atoms with van der Waals surface area (Å²) in [6.07, 6.45) is 3.53. The van der Waals surface area contributed by atoms with E-state index in [1.165, 1.54) is 12.8 Å². The smallest absolute Gasteiger partial charge is 0.230 e. The molecular formula is C21H27ClN2O2. The summed E-state index contributed by atoms with van der Waals surface area (Å²) in [5, 5.41) is 3.86. The van der Waals surface area contributed by atoms with Crippen LogP contribution in [0.2, 0.25) is 5.02 Å². The summed E-state index contributed by atoms with van der Waals surface area (Å²) in [5.74, 6) is 0.839. The second-order valence-electron chi connectivity index (χ2n) is 9.05. The topological polar surface area (TPSA) is 49.4 Å². The van der Waals surface area contributed by atoms with Crippen LogP contribution in [0.15, 0.2) is 24.3 Å². The van der Waals surface area contributed by atoms with Crippen LogP contribution < -0.4 is 5.32 Å². The zero-order valence-electron chi connectivity index (χ0n) is 15.7. The second-order valence-corrected chi connectivity index (χ2v) is 9.49. The molecule has 4 rings (SSSR count). The van der Waals surface area contributed by atoms with Crippen molar-refractivity contribution in [3.63, 3.8) is 0 Å². The van der Waals surface area contributed by atoms with Gasteiger partial charge in [-0.3, -0.25) is 9.59 Å². The van der Waals surface area contributed by atoms with Gasteiger partial charge in [0.1, 0.15) is 0 Å². The fourth-order valence-electron chi connectivity index (χ4n) is 4.31. The van der Waals surface area contributed by atoms with Gasteiger partial charge in [0.2, 0.25) is 11.8 Å². The van der Waals surface area contributed by atoms with Crippen molar-refractivity contribution >= 4 is 23.4 Å². The molecule has 0 aromatic heterocycles. The van der Waals surface area contributed by atoms with E-state index in [4.69, 9.17) is 11.6 Å². The molecule has 4 nitrogen and oxygen atoms in total. The first kappa shape index (κ1) is 17.8. The number of rotatable bonds is 4. The molecule has 3 aliphatic rings. The Morgan fingerprint density at radius 3 is 2.42 bits per heavy atom. The van der Waals surface area contributed by atoms with Crippen molar-refractivity contribution in [1.82, 2.24) is 10.2 Å². The lowest BCUT2D eigenvalue weighted by Crippen LogP contribution is -2.48. The number of hydrogen-bond donors (Lipinski definition) is 1. The summed E-state index contributed by atoms with van der Waals surface area (Å²) in [5.41, 5.74) is 0.681. The maximum atomic E-state index is 12.9. The molecule has 26 heavy (non-hydrogen) atoms. The van der Waals surface area contributed by atoms with Gasteiger partial charge in [0.05, 0.1) is 11.5 Å². The average Bonchev–Trinajstić information content (AvgIpc) is 3.50. The molecule has 1 spiro atoms. The van der Waals surface area contributed by atoms with Crippen molar-refractivity contribution in [3.8, 4) is 0 Å². The maximum absolute atomic E-state index is 12.9. The fraction of sp³-hybridized carbons (Fsp3) is 0.619. The van der Waals surface area contributed by atoms with Gasteiger partial charge in [-0.1, -0.05) is 30.7 Å². The Hall–Kier alpha value is -1.55. The summed E-state index contributed by atoms with van der Waals surface area (Å²) in [6, 6.07) is 7.45. The van der Waals surface area contributed by atoms with Crippen LogP contribution in [0.3, 0.4) is 0 Å². The second kappa shape index (κ2) is 5.98. The van der Waals surface area contributed by atoms with E-state index in [9.17, 15) is 9.59 Å². The van der Waals surface area contributed by atoms with Crippen LogP contribution >= 0.6 is 11.6 Å². The van der Waals surface area contributed by atoms with Gasteiger partial charge in [0.25, 0.3) is 0 Å². The lowest BCUT2D eigenvalue weighted by atomic mass is 9.83. The van der Waals surface area contributed by atoms with Gasteiger partial charge in [-0.05, 0) is 62.1 Å². The molecule has 140 valence electrons. The highest BCUT2D eigenvalue weighted by Gasteiger charge is 2.66. The monoisotopic (exact) mass is 374 g/mol. The van der Waals surface area contributed by atoms with E-state index in [-0.39, 0.29) is 23.8 Å². The summed E-state index contributed by atoms with van der Waals surface area (Å²) in [7, 11) is 0. The normalized spacial score (nSPS) is 28.9. The number of benzene rings is 1. The third-order valence-corrected chi connectivity index (χ3v) is 7.01. The van der Waals surface area contributed by atoms with Crippen LogP contribution in [0.5, 0.6) is 0 Å². The molecule has 0 radical (unpaired) electrons. The maximum Gasteiger partial charge on any atom is 0.230 e. The Bertz CT molecular complexity index is 739. The molecule has 2 saturated carbocycles. The van der Waals surface area contributed by atoms with Crippen molar-refractivity contribution in [3.05, 3.63) is 34.9 Å². The number of halogens is 1. The van der Waals surface area contributed by atoms with E-state index in [0.717, 1.165) is 18.5 Å². The van der Waals surface area contributed by atoms with Crippen LogP contribution in [0, 0.1) is 17.3 Å². The summed E-state index contributed by atoms with van der Waals surface area (Å²) < 4.78 is 0. The molecule has 1 saturated heterocycles. The van der Waals surface area contributed by atoms with Gasteiger partial charge in [-0.25, -0.2) is 0 Å². The minimum absolute atomic E-state index is 0.00365. The Labute approximate surface area is 160 Å². The standard InChI is InChI=1S/C21H27ClN2O2/c1-13-11-24(18(25)16-10-21(16)8-9-21)12-17(13)23-19(26)20(2,3)14-4-6-15(22)7-5-14/h4-7,13,16-17H,8-12H2,1-3H3,(H,23,26)/t13-,16?,17-/m1/s1. The number of hydrogen-bond acceptors (Lipinski definition) is 2. The van der Waals surface area contributed by atoms with Crippen molar-refractivity contribution < 1.29 is 9.59 Å². The summed E-state index contributed by atoms with van der Waals surface area (Å²) in [4.78, 5) is 27.6. The molecule has 1 aromatic rings. The van der Waals surface area contributed by atoms with Crippen LogP contribution in [-0.4, -0.2) is 35.8 Å². The molecule has 2 aliphatic carbocycles. The Morgan fingerprint density at radius 2 is 1.85 bits per heavy atom. The van der Waals surface area contributed by atoms with Gasteiger partial charge in [-0.2, -0.15) is 0 Å². The fourth-order valence-corrected chi connectivity index (χ4v) is 4.44. The number of carbonyl (C=O) groups is 2. The first-order chi connectivity index (χ1) is 12.2. The molecule has 1 heterocycles. The lowest BCUT2D eigenvalue weighted by Gasteiger charge is -2.27. The molecule has 1 aromatic carbocycles. The van der Waals surface area contributed by atoms with E-state index in [0.29, 0.717) is 22.9 Å². The lowest BCUT2D eigenvalue weighted by molar-refractivity contribution is -0.132. The SMILES string of the molecule is C[C@@H]1CN(C(=O)C2CC23CC3)C[C@H]1NC(=O)C(C)(C)c1ccc(Cl)cc1. The molecule has 5 heteroatoms. The molecule has 2 amide bonds. The van der Waals surface area contributed by atoms with Gasteiger partial charge in [0, 0.05) is 24.0 Å². The molecule has 1 N–H and O–H groups in total. The first-order valence-corrected chi connectivity index (χ1v) is 9.96. The minimum Gasteiger partial charge on any atom is -0.350 e. The largest absolute Gasteiger partial charge is 0.350 e. The number of likely N-dealkylation sites (tertiary alicyclic amines) is 1. The molecule has 3 fully saturated rings. The molecule has 0 bridgehead atoms. The van der Waals surface area contributed by atoms with E-state index < -0.39 is 5.41 Å². The van der Waals surface area contributed by atoms with Crippen molar-refractivity contribution in [1.29, 1.82) is 0 Å². The Kier molecular flexibility index (Phi) is 4.11. The van der Waals surface area contributed by atoms with Gasteiger partial charge in [0.15, 0.2) is 0 Å². The highest BCUT2D eigenvalue weighted by atomic mass is 35.5. The van der Waals surface area contributed by atoms with Gasteiger partial charge < -0.3 is 10.2 Å². The van der Waals surface area contributed by atoms with E-state index in [1.54, 1.807) is 0 Å². The molecule has 1 unspecified atom stereocenters. The number of nitrogens with one attached hydrogen (secondary N) is 1. The summed E-state index contributed by atoms with van der Waals surface area (Å²) in [6.45, 7) is 7.35.